The number of alkyl halides is 1. The Hall–Kier alpha value is -2.41. The van der Waals surface area contributed by atoms with Gasteiger partial charge in [-0.05, 0) is 45.1 Å². The molecule has 1 saturated heterocycles. The topological polar surface area (TPSA) is 141 Å². The summed E-state index contributed by atoms with van der Waals surface area (Å²) < 4.78 is 51.1. The summed E-state index contributed by atoms with van der Waals surface area (Å²) in [6, 6.07) is 8.11. The number of esters is 1. The monoisotopic (exact) mass is 531 g/mol. The summed E-state index contributed by atoms with van der Waals surface area (Å²) in [5.41, 5.74) is -0.467. The van der Waals surface area contributed by atoms with Crippen molar-refractivity contribution in [2.75, 3.05) is 6.61 Å². The summed E-state index contributed by atoms with van der Waals surface area (Å²) in [4.78, 5) is 26.0. The predicted molar refractivity (Wildman–Crippen MR) is 125 cm³/mol. The van der Waals surface area contributed by atoms with Crippen molar-refractivity contribution in [3.8, 4) is 5.75 Å². The molecule has 0 bridgehead atoms. The number of aromatic nitrogens is 2. The Morgan fingerprint density at radius 2 is 2.00 bits per heavy atom. The summed E-state index contributed by atoms with van der Waals surface area (Å²) in [7, 11) is -4.26. The second-order valence-electron chi connectivity index (χ2n) is 8.05. The lowest BCUT2D eigenvalue weighted by molar-refractivity contribution is -0.149. The van der Waals surface area contributed by atoms with Gasteiger partial charge in [-0.15, -0.1) is 0 Å². The number of H-pyrrole nitrogens is 1. The van der Waals surface area contributed by atoms with Gasteiger partial charge in [0, 0.05) is 12.3 Å². The van der Waals surface area contributed by atoms with E-state index in [1.54, 1.807) is 32.0 Å². The number of hydrogen-bond acceptors (Lipinski definition) is 9. The van der Waals surface area contributed by atoms with E-state index in [0.717, 1.165) is 6.07 Å². The number of halogens is 1. The third-order valence-corrected chi connectivity index (χ3v) is 6.80. The normalized spacial score (nSPS) is 24.6. The lowest BCUT2D eigenvalue weighted by atomic mass is 10.1. The number of hydrogen-bond donors (Lipinski definition) is 3. The lowest BCUT2D eigenvalue weighted by Crippen LogP contribution is -2.37. The molecule has 1 aliphatic heterocycles. The number of carbonyl (C=O) groups excluding carboxylic acids is 1. The van der Waals surface area contributed by atoms with Gasteiger partial charge in [0.1, 0.15) is 24.0 Å². The van der Waals surface area contributed by atoms with E-state index in [4.69, 9.17) is 30.7 Å². The van der Waals surface area contributed by atoms with Crippen LogP contribution in [0.5, 0.6) is 5.75 Å². The predicted octanol–water partition coefficient (Wildman–Crippen LogP) is 2.64. The molecule has 6 unspecified atom stereocenters. The zero-order valence-electron chi connectivity index (χ0n) is 19.2. The second kappa shape index (κ2) is 11.5. The highest BCUT2D eigenvalue weighted by atomic mass is 32.1. The number of aromatic amines is 1. The molecule has 2 aromatic rings. The van der Waals surface area contributed by atoms with Crippen molar-refractivity contribution in [1.29, 1.82) is 0 Å². The van der Waals surface area contributed by atoms with E-state index in [1.165, 1.54) is 29.8 Å². The first kappa shape index (κ1) is 27.2. The molecule has 11 nitrogen and oxygen atoms in total. The average molecular weight is 531 g/mol. The van der Waals surface area contributed by atoms with E-state index in [1.807, 2.05) is 0 Å². The van der Waals surface area contributed by atoms with Crippen LogP contribution in [0.1, 0.15) is 27.0 Å². The Labute approximate surface area is 205 Å². The van der Waals surface area contributed by atoms with Gasteiger partial charge in [-0.1, -0.05) is 18.2 Å². The second-order valence-corrected chi connectivity index (χ2v) is 10.1. The molecule has 0 aliphatic carbocycles. The molecule has 0 spiro atoms. The molecule has 0 radical (unpaired) electrons. The Morgan fingerprint density at radius 3 is 2.63 bits per heavy atom. The van der Waals surface area contributed by atoms with E-state index < -0.39 is 62.6 Å². The van der Waals surface area contributed by atoms with Gasteiger partial charge >= 0.3 is 13.7 Å². The number of aliphatic hydroxyl groups is 1. The first-order chi connectivity index (χ1) is 16.5. The number of benzene rings is 1. The minimum absolute atomic E-state index is 0.0763. The molecule has 1 aliphatic rings. The van der Waals surface area contributed by atoms with E-state index in [0.29, 0.717) is 0 Å². The summed E-state index contributed by atoms with van der Waals surface area (Å²) in [5.74, 6) is -0.516. The van der Waals surface area contributed by atoms with Crippen molar-refractivity contribution in [2.24, 2.45) is 0 Å². The van der Waals surface area contributed by atoms with E-state index in [9.17, 15) is 23.7 Å². The summed E-state index contributed by atoms with van der Waals surface area (Å²) >= 11 is 5.05. The van der Waals surface area contributed by atoms with Crippen molar-refractivity contribution < 1.29 is 37.4 Å². The zero-order valence-corrected chi connectivity index (χ0v) is 20.9. The molecular weight excluding hydrogens is 504 g/mol. The Kier molecular flexibility index (Phi) is 8.97. The van der Waals surface area contributed by atoms with Crippen LogP contribution in [0, 0.1) is 4.77 Å². The summed E-state index contributed by atoms with van der Waals surface area (Å²) in [5, 5.41) is 12.8. The Bertz CT molecular complexity index is 1180. The van der Waals surface area contributed by atoms with Gasteiger partial charge in [0.05, 0.1) is 12.7 Å². The number of rotatable bonds is 10. The number of carbonyl (C=O) groups is 1. The summed E-state index contributed by atoms with van der Waals surface area (Å²) in [6.07, 6.45) is -5.36. The van der Waals surface area contributed by atoms with Crippen molar-refractivity contribution in [3.63, 3.8) is 0 Å². The minimum atomic E-state index is -4.26. The van der Waals surface area contributed by atoms with Crippen LogP contribution in [0.25, 0.3) is 0 Å². The fourth-order valence-electron chi connectivity index (χ4n) is 3.21. The third kappa shape index (κ3) is 7.06. The molecule has 14 heteroatoms. The lowest BCUT2D eigenvalue weighted by Gasteiger charge is -2.24. The van der Waals surface area contributed by atoms with Gasteiger partial charge in [-0.25, -0.2) is 8.96 Å². The van der Waals surface area contributed by atoms with Gasteiger partial charge in [0.2, 0.25) is 0 Å². The highest BCUT2D eigenvalue weighted by Gasteiger charge is 2.46. The Balaban J connectivity index is 1.75. The molecule has 1 fully saturated rings. The molecule has 35 heavy (non-hydrogen) atoms. The van der Waals surface area contributed by atoms with Crippen LogP contribution in [0.4, 0.5) is 4.39 Å². The van der Waals surface area contributed by atoms with Crippen molar-refractivity contribution >= 4 is 25.9 Å². The fraction of sp³-hybridized carbons (Fsp3) is 0.476. The first-order valence-electron chi connectivity index (χ1n) is 10.8. The van der Waals surface area contributed by atoms with Crippen LogP contribution >= 0.6 is 20.0 Å². The number of ether oxygens (including phenoxy) is 2. The molecule has 0 amide bonds. The largest absolute Gasteiger partial charge is 0.462 e. The number of nitrogens with zero attached hydrogens (tertiary/aromatic N) is 1. The molecule has 0 saturated carbocycles. The van der Waals surface area contributed by atoms with Gasteiger partial charge in [-0.3, -0.25) is 23.7 Å². The van der Waals surface area contributed by atoms with E-state index in [2.05, 4.69) is 10.1 Å². The molecule has 1 aromatic heterocycles. The molecule has 3 rings (SSSR count). The maximum Gasteiger partial charge on any atom is 0.459 e. The van der Waals surface area contributed by atoms with Crippen molar-refractivity contribution in [3.05, 3.63) is 57.7 Å². The van der Waals surface area contributed by atoms with Crippen LogP contribution in [-0.2, 0) is 23.4 Å². The highest BCUT2D eigenvalue weighted by molar-refractivity contribution is 7.71. The molecule has 2 heterocycles. The van der Waals surface area contributed by atoms with Crippen LogP contribution in [-0.4, -0.2) is 57.8 Å². The SMILES string of the molecule is CC(C)OC(=O)C(C)NP(=O)(OCC1OC(n2ccc(=O)[nH]c2=S)C(O)C1F)Oc1ccccc1. The maximum atomic E-state index is 14.9. The Morgan fingerprint density at radius 1 is 1.31 bits per heavy atom. The number of para-hydroxylation sites is 1. The molecule has 3 N–H and O–H groups in total. The summed E-state index contributed by atoms with van der Waals surface area (Å²) in [6.45, 7) is 4.14. The minimum Gasteiger partial charge on any atom is -0.462 e. The molecule has 6 atom stereocenters. The zero-order chi connectivity index (χ0) is 25.8. The average Bonchev–Trinajstić information content (AvgIpc) is 3.06. The van der Waals surface area contributed by atoms with E-state index >= 15 is 0 Å². The molecule has 1 aromatic carbocycles. The fourth-order valence-corrected chi connectivity index (χ4v) is 4.97. The van der Waals surface area contributed by atoms with Crippen LogP contribution in [0.3, 0.4) is 0 Å². The molecule has 192 valence electrons. The third-order valence-electron chi connectivity index (χ3n) is 4.85. The van der Waals surface area contributed by atoms with Gasteiger partial charge in [0.25, 0.3) is 5.56 Å². The van der Waals surface area contributed by atoms with Crippen molar-refractivity contribution in [1.82, 2.24) is 14.6 Å². The maximum absolute atomic E-state index is 14.9. The van der Waals surface area contributed by atoms with Gasteiger partial charge < -0.3 is 19.1 Å². The number of aliphatic hydroxyl groups excluding tert-OH is 1. The van der Waals surface area contributed by atoms with Crippen LogP contribution in [0.2, 0.25) is 0 Å². The first-order valence-corrected chi connectivity index (χ1v) is 12.7. The standard InChI is InChI=1S/C21H27FN3O8PS/c1-12(2)31-20(28)13(3)24-34(29,33-14-7-5-4-6-8-14)30-11-15-17(22)18(27)19(32-15)25-10-9-16(26)23-21(25)35/h4-10,12-13,15,17-19,27H,11H2,1-3H3,(H,24,29)(H,23,26,35). The van der Waals surface area contributed by atoms with E-state index in [-0.39, 0.29) is 10.5 Å². The molecular formula is C21H27FN3O8PS. The van der Waals surface area contributed by atoms with Crippen LogP contribution < -0.4 is 15.2 Å². The smallest absolute Gasteiger partial charge is 0.459 e. The quantitative estimate of drug-likeness (QED) is 0.238. The van der Waals surface area contributed by atoms with Crippen molar-refractivity contribution in [2.45, 2.75) is 57.5 Å². The number of nitrogens with one attached hydrogen (secondary N) is 2. The van der Waals surface area contributed by atoms with Crippen LogP contribution in [0.15, 0.2) is 47.4 Å². The van der Waals surface area contributed by atoms with Gasteiger partial charge in [0.15, 0.2) is 17.2 Å². The van der Waals surface area contributed by atoms with Gasteiger partial charge in [-0.2, -0.15) is 5.09 Å². The highest BCUT2D eigenvalue weighted by Crippen LogP contribution is 2.46.